The predicted molar refractivity (Wildman–Crippen MR) is 117 cm³/mol. The van der Waals surface area contributed by atoms with Crippen LogP contribution in [-0.2, 0) is 4.79 Å². The van der Waals surface area contributed by atoms with Gasteiger partial charge in [-0.15, -0.1) is 5.10 Å². The first kappa shape index (κ1) is 20.4. The van der Waals surface area contributed by atoms with E-state index in [9.17, 15) is 4.79 Å². The molecule has 0 aliphatic carbocycles. The van der Waals surface area contributed by atoms with Gasteiger partial charge in [0.15, 0.2) is 0 Å². The van der Waals surface area contributed by atoms with E-state index < -0.39 is 0 Å². The van der Waals surface area contributed by atoms with Crippen LogP contribution in [0.3, 0.4) is 0 Å². The normalized spacial score (nSPS) is 14.6. The lowest BCUT2D eigenvalue weighted by Gasteiger charge is -2.34. The monoisotopic (exact) mass is 423 g/mol. The maximum atomic E-state index is 12.6. The SMILES string of the molecule is O=C(CSc1ncn(-c2ccccc2)n1)N1CCN(CCOc2ccccc2)CC1. The van der Waals surface area contributed by atoms with Gasteiger partial charge in [-0.3, -0.25) is 9.69 Å². The summed E-state index contributed by atoms with van der Waals surface area (Å²) in [7, 11) is 0. The molecule has 1 aliphatic rings. The van der Waals surface area contributed by atoms with E-state index in [0.717, 1.165) is 44.2 Å². The Morgan fingerprint density at radius 1 is 0.967 bits per heavy atom. The van der Waals surface area contributed by atoms with Crippen LogP contribution in [-0.4, -0.2) is 75.6 Å². The molecule has 4 rings (SSSR count). The second-order valence-electron chi connectivity index (χ2n) is 6.98. The van der Waals surface area contributed by atoms with Crippen LogP contribution < -0.4 is 4.74 Å². The van der Waals surface area contributed by atoms with Gasteiger partial charge in [0.1, 0.15) is 18.7 Å². The molecule has 156 valence electrons. The number of aromatic nitrogens is 3. The van der Waals surface area contributed by atoms with Crippen LogP contribution in [0.25, 0.3) is 5.69 Å². The van der Waals surface area contributed by atoms with Crippen molar-refractivity contribution in [1.29, 1.82) is 0 Å². The van der Waals surface area contributed by atoms with E-state index in [1.165, 1.54) is 11.8 Å². The number of piperazine rings is 1. The molecule has 0 unspecified atom stereocenters. The number of thioether (sulfide) groups is 1. The number of hydrogen-bond donors (Lipinski definition) is 0. The summed E-state index contributed by atoms with van der Waals surface area (Å²) in [6.45, 7) is 4.76. The number of carbonyl (C=O) groups excluding carboxylic acids is 1. The van der Waals surface area contributed by atoms with Gasteiger partial charge in [-0.25, -0.2) is 9.67 Å². The van der Waals surface area contributed by atoms with Gasteiger partial charge in [-0.2, -0.15) is 0 Å². The summed E-state index contributed by atoms with van der Waals surface area (Å²) in [5, 5.41) is 5.06. The van der Waals surface area contributed by atoms with Crippen molar-refractivity contribution in [3.05, 3.63) is 67.0 Å². The van der Waals surface area contributed by atoms with Crippen molar-refractivity contribution >= 4 is 17.7 Å². The minimum atomic E-state index is 0.135. The number of benzene rings is 2. The summed E-state index contributed by atoms with van der Waals surface area (Å²) in [5.41, 5.74) is 0.954. The molecule has 1 fully saturated rings. The number of rotatable bonds is 8. The first-order chi connectivity index (χ1) is 14.8. The summed E-state index contributed by atoms with van der Waals surface area (Å²) in [6, 6.07) is 19.7. The second kappa shape index (κ2) is 10.3. The van der Waals surface area contributed by atoms with Crippen LogP contribution in [0.1, 0.15) is 0 Å². The van der Waals surface area contributed by atoms with Gasteiger partial charge in [-0.05, 0) is 24.3 Å². The zero-order valence-electron chi connectivity index (χ0n) is 16.8. The van der Waals surface area contributed by atoms with Gasteiger partial charge in [0.05, 0.1) is 11.4 Å². The third-order valence-corrected chi connectivity index (χ3v) is 5.80. The molecule has 2 aromatic carbocycles. The summed E-state index contributed by atoms with van der Waals surface area (Å²) in [6.07, 6.45) is 1.68. The fraction of sp³-hybridized carbons (Fsp3) is 0.318. The second-order valence-corrected chi connectivity index (χ2v) is 7.92. The van der Waals surface area contributed by atoms with Crippen LogP contribution in [0.5, 0.6) is 5.75 Å². The zero-order valence-corrected chi connectivity index (χ0v) is 17.6. The number of amides is 1. The Morgan fingerprint density at radius 3 is 2.40 bits per heavy atom. The van der Waals surface area contributed by atoms with Crippen LogP contribution in [0.4, 0.5) is 0 Å². The summed E-state index contributed by atoms with van der Waals surface area (Å²) in [4.78, 5) is 21.1. The van der Waals surface area contributed by atoms with Gasteiger partial charge >= 0.3 is 0 Å². The lowest BCUT2D eigenvalue weighted by Crippen LogP contribution is -2.50. The highest BCUT2D eigenvalue weighted by atomic mass is 32.2. The van der Waals surface area contributed by atoms with Crippen molar-refractivity contribution in [3.63, 3.8) is 0 Å². The molecule has 3 aromatic rings. The van der Waals surface area contributed by atoms with Crippen molar-refractivity contribution < 1.29 is 9.53 Å². The van der Waals surface area contributed by atoms with E-state index in [0.29, 0.717) is 17.5 Å². The Balaban J connectivity index is 1.16. The van der Waals surface area contributed by atoms with Crippen LogP contribution in [0, 0.1) is 0 Å². The van der Waals surface area contributed by atoms with E-state index in [1.807, 2.05) is 65.6 Å². The van der Waals surface area contributed by atoms with Crippen molar-refractivity contribution in [2.45, 2.75) is 5.16 Å². The Morgan fingerprint density at radius 2 is 1.67 bits per heavy atom. The molecular formula is C22H25N5O2S. The lowest BCUT2D eigenvalue weighted by molar-refractivity contribution is -0.130. The first-order valence-corrected chi connectivity index (χ1v) is 11.0. The number of carbonyl (C=O) groups is 1. The van der Waals surface area contributed by atoms with Crippen molar-refractivity contribution in [2.75, 3.05) is 45.1 Å². The molecule has 0 N–H and O–H groups in total. The third kappa shape index (κ3) is 5.61. The molecule has 0 atom stereocenters. The highest BCUT2D eigenvalue weighted by Gasteiger charge is 2.21. The van der Waals surface area contributed by atoms with E-state index >= 15 is 0 Å². The molecule has 0 saturated carbocycles. The zero-order chi connectivity index (χ0) is 20.6. The van der Waals surface area contributed by atoms with Crippen LogP contribution in [0.15, 0.2) is 72.1 Å². The first-order valence-electron chi connectivity index (χ1n) is 10.1. The molecule has 30 heavy (non-hydrogen) atoms. The Hall–Kier alpha value is -2.84. The molecule has 1 aromatic heterocycles. The lowest BCUT2D eigenvalue weighted by atomic mass is 10.3. The van der Waals surface area contributed by atoms with Crippen LogP contribution in [0.2, 0.25) is 0 Å². The van der Waals surface area contributed by atoms with Crippen molar-refractivity contribution in [2.24, 2.45) is 0 Å². The number of nitrogens with zero attached hydrogens (tertiary/aromatic N) is 5. The van der Waals surface area contributed by atoms with E-state index in [4.69, 9.17) is 4.74 Å². The highest BCUT2D eigenvalue weighted by molar-refractivity contribution is 7.99. The fourth-order valence-corrected chi connectivity index (χ4v) is 3.97. The van der Waals surface area contributed by atoms with Gasteiger partial charge in [0.25, 0.3) is 0 Å². The molecule has 1 amide bonds. The Bertz CT molecular complexity index is 927. The average molecular weight is 424 g/mol. The molecule has 1 saturated heterocycles. The van der Waals surface area contributed by atoms with Gasteiger partial charge in [0.2, 0.25) is 11.1 Å². The molecule has 0 radical (unpaired) electrons. The molecule has 8 heteroatoms. The smallest absolute Gasteiger partial charge is 0.233 e. The summed E-state index contributed by atoms with van der Waals surface area (Å²) < 4.78 is 7.49. The molecular weight excluding hydrogens is 398 g/mol. The standard InChI is InChI=1S/C22H25N5O2S/c28-21(17-30-22-23-18-27(24-22)19-7-3-1-4-8-19)26-13-11-25(12-14-26)15-16-29-20-9-5-2-6-10-20/h1-10,18H,11-17H2. The molecule has 2 heterocycles. The van der Waals surface area contributed by atoms with E-state index in [2.05, 4.69) is 15.0 Å². The number of ether oxygens (including phenoxy) is 1. The van der Waals surface area contributed by atoms with Gasteiger partial charge in [0, 0.05) is 32.7 Å². The molecule has 7 nitrogen and oxygen atoms in total. The topological polar surface area (TPSA) is 63.5 Å². The van der Waals surface area contributed by atoms with Gasteiger partial charge in [-0.1, -0.05) is 48.2 Å². The Labute approximate surface area is 180 Å². The Kier molecular flexibility index (Phi) is 6.99. The molecule has 1 aliphatic heterocycles. The fourth-order valence-electron chi connectivity index (χ4n) is 3.27. The number of hydrogen-bond acceptors (Lipinski definition) is 6. The minimum Gasteiger partial charge on any atom is -0.492 e. The summed E-state index contributed by atoms with van der Waals surface area (Å²) >= 11 is 1.38. The van der Waals surface area contributed by atoms with Crippen molar-refractivity contribution in [1.82, 2.24) is 24.6 Å². The number of para-hydroxylation sites is 2. The molecule has 0 bridgehead atoms. The van der Waals surface area contributed by atoms with Crippen LogP contribution >= 0.6 is 11.8 Å². The molecule has 0 spiro atoms. The average Bonchev–Trinajstić information content (AvgIpc) is 3.28. The predicted octanol–water partition coefficient (Wildman–Crippen LogP) is 2.58. The maximum absolute atomic E-state index is 12.6. The van der Waals surface area contributed by atoms with Gasteiger partial charge < -0.3 is 9.64 Å². The van der Waals surface area contributed by atoms with Crippen molar-refractivity contribution in [3.8, 4) is 11.4 Å². The van der Waals surface area contributed by atoms with E-state index in [-0.39, 0.29) is 5.91 Å². The summed E-state index contributed by atoms with van der Waals surface area (Å²) in [5.74, 6) is 1.39. The third-order valence-electron chi connectivity index (χ3n) is 4.96. The largest absolute Gasteiger partial charge is 0.492 e. The maximum Gasteiger partial charge on any atom is 0.233 e. The highest BCUT2D eigenvalue weighted by Crippen LogP contribution is 2.16. The quantitative estimate of drug-likeness (QED) is 0.519. The minimum absolute atomic E-state index is 0.135. The van der Waals surface area contributed by atoms with E-state index in [1.54, 1.807) is 11.0 Å².